The minimum absolute atomic E-state index is 0.150. The van der Waals surface area contributed by atoms with Crippen molar-refractivity contribution in [3.8, 4) is 0 Å². The van der Waals surface area contributed by atoms with Gasteiger partial charge in [-0.15, -0.1) is 0 Å². The van der Waals surface area contributed by atoms with Gasteiger partial charge in [0, 0.05) is 0 Å². The predicted molar refractivity (Wildman–Crippen MR) is 84.9 cm³/mol. The first kappa shape index (κ1) is 20.8. The summed E-state index contributed by atoms with van der Waals surface area (Å²) in [6, 6.07) is 0. The number of rotatable bonds is 8. The number of hydrogen-bond acceptors (Lipinski definition) is 6. The third-order valence-electron chi connectivity index (χ3n) is 3.52. The Morgan fingerprint density at radius 1 is 1.14 bits per heavy atom. The van der Waals surface area contributed by atoms with Crippen molar-refractivity contribution in [3.05, 3.63) is 0 Å². The van der Waals surface area contributed by atoms with E-state index in [1.54, 1.807) is 13.8 Å². The van der Waals surface area contributed by atoms with Crippen LogP contribution < -0.4 is 0 Å². The Balaban J connectivity index is 5.58. The first-order valence-corrected chi connectivity index (χ1v) is 11.6. The van der Waals surface area contributed by atoms with Crippen molar-refractivity contribution < 1.29 is 27.6 Å². The molecule has 0 saturated heterocycles. The topological polar surface area (TPSA) is 71.1 Å². The van der Waals surface area contributed by atoms with Crippen molar-refractivity contribution in [2.45, 2.75) is 58.6 Å². The zero-order valence-corrected chi connectivity index (χ0v) is 16.3. The lowest BCUT2D eigenvalue weighted by molar-refractivity contribution is -0.146. The maximum atomic E-state index is 12.9. The van der Waals surface area contributed by atoms with Crippen LogP contribution in [0.4, 0.5) is 0 Å². The van der Waals surface area contributed by atoms with Crippen LogP contribution in [0, 0.1) is 0 Å². The van der Waals surface area contributed by atoms with Crippen LogP contribution in [0.2, 0.25) is 18.1 Å². The molecular formula is C13H29O6PSi. The number of ether oxygens (including phenoxy) is 1. The highest BCUT2D eigenvalue weighted by Crippen LogP contribution is 2.55. The maximum Gasteiger partial charge on any atom is 0.369 e. The Bertz CT molecular complexity index is 381. The maximum absolute atomic E-state index is 12.9. The lowest BCUT2D eigenvalue weighted by Crippen LogP contribution is -2.46. The minimum Gasteiger partial charge on any atom is -0.467 e. The van der Waals surface area contributed by atoms with Crippen LogP contribution >= 0.6 is 7.60 Å². The molecule has 0 saturated carbocycles. The Hall–Kier alpha value is -0.203. The SMILES string of the molecule is CCOP(=O)(OCC)C(O[Si](C)(C)C(C)(C)C)C(=O)OC. The fourth-order valence-corrected chi connectivity index (χ4v) is 5.07. The lowest BCUT2D eigenvalue weighted by Gasteiger charge is -2.39. The van der Waals surface area contributed by atoms with Crippen LogP contribution in [0.15, 0.2) is 0 Å². The standard InChI is InChI=1S/C13H29O6PSi/c1-9-17-20(15,18-10-2)12(11(14)16-6)19-21(7,8)13(3,4)5/h12H,9-10H2,1-8H3. The molecule has 0 bridgehead atoms. The minimum atomic E-state index is -3.73. The van der Waals surface area contributed by atoms with E-state index in [1.165, 1.54) is 7.11 Å². The summed E-state index contributed by atoms with van der Waals surface area (Å²) in [5, 5.41) is -0.150. The van der Waals surface area contributed by atoms with Gasteiger partial charge in [0.25, 0.3) is 0 Å². The van der Waals surface area contributed by atoms with Gasteiger partial charge in [-0.25, -0.2) is 4.79 Å². The molecule has 0 N–H and O–H groups in total. The van der Waals surface area contributed by atoms with Gasteiger partial charge < -0.3 is 18.2 Å². The molecular weight excluding hydrogens is 311 g/mol. The van der Waals surface area contributed by atoms with Gasteiger partial charge in [0.05, 0.1) is 20.3 Å². The summed E-state index contributed by atoms with van der Waals surface area (Å²) in [4.78, 5) is 12.1. The summed E-state index contributed by atoms with van der Waals surface area (Å²) in [5.74, 6) is -2.08. The molecule has 6 nitrogen and oxygen atoms in total. The second kappa shape index (κ2) is 7.88. The van der Waals surface area contributed by atoms with Gasteiger partial charge in [0.2, 0.25) is 5.85 Å². The zero-order valence-electron chi connectivity index (χ0n) is 14.4. The summed E-state index contributed by atoms with van der Waals surface area (Å²) in [5.41, 5.74) is 0. The predicted octanol–water partition coefficient (Wildman–Crippen LogP) is 3.77. The Labute approximate surface area is 129 Å². The highest BCUT2D eigenvalue weighted by molar-refractivity contribution is 7.55. The molecule has 126 valence electrons. The number of hydrogen-bond donors (Lipinski definition) is 0. The highest BCUT2D eigenvalue weighted by Gasteiger charge is 2.49. The van der Waals surface area contributed by atoms with E-state index >= 15 is 0 Å². The van der Waals surface area contributed by atoms with Crippen molar-refractivity contribution >= 4 is 21.9 Å². The summed E-state index contributed by atoms with van der Waals surface area (Å²) in [6.45, 7) is 13.7. The van der Waals surface area contributed by atoms with Crippen LogP contribution in [0.25, 0.3) is 0 Å². The second-order valence-electron chi connectivity index (χ2n) is 6.13. The number of carbonyl (C=O) groups is 1. The van der Waals surface area contributed by atoms with Gasteiger partial charge >= 0.3 is 13.6 Å². The Morgan fingerprint density at radius 3 is 1.86 bits per heavy atom. The quantitative estimate of drug-likeness (QED) is 0.380. The number of carbonyl (C=O) groups excluding carboxylic acids is 1. The number of esters is 1. The largest absolute Gasteiger partial charge is 0.467 e. The molecule has 1 atom stereocenters. The molecule has 0 rings (SSSR count). The van der Waals surface area contributed by atoms with E-state index in [0.29, 0.717) is 0 Å². The third-order valence-corrected chi connectivity index (χ3v) is 10.3. The lowest BCUT2D eigenvalue weighted by atomic mass is 10.2. The van der Waals surface area contributed by atoms with Crippen molar-refractivity contribution in [2.75, 3.05) is 20.3 Å². The molecule has 8 heteroatoms. The van der Waals surface area contributed by atoms with E-state index in [1.807, 2.05) is 33.9 Å². The number of methoxy groups -OCH3 is 1. The van der Waals surface area contributed by atoms with E-state index in [9.17, 15) is 9.36 Å². The average Bonchev–Trinajstić information content (AvgIpc) is 2.34. The molecule has 0 heterocycles. The molecule has 0 aliphatic rings. The van der Waals surface area contributed by atoms with E-state index in [2.05, 4.69) is 0 Å². The summed E-state index contributed by atoms with van der Waals surface area (Å²) < 4.78 is 34.1. The monoisotopic (exact) mass is 340 g/mol. The molecule has 0 amide bonds. The van der Waals surface area contributed by atoms with Crippen LogP contribution in [0.1, 0.15) is 34.6 Å². The Kier molecular flexibility index (Phi) is 7.80. The van der Waals surface area contributed by atoms with Gasteiger partial charge in [-0.1, -0.05) is 20.8 Å². The van der Waals surface area contributed by atoms with Gasteiger partial charge in [0.15, 0.2) is 8.32 Å². The average molecular weight is 340 g/mol. The van der Waals surface area contributed by atoms with E-state index in [0.717, 1.165) is 0 Å². The smallest absolute Gasteiger partial charge is 0.369 e. The van der Waals surface area contributed by atoms with Crippen LogP contribution in [0.5, 0.6) is 0 Å². The molecule has 0 aromatic carbocycles. The molecule has 0 spiro atoms. The molecule has 1 unspecified atom stereocenters. The Morgan fingerprint density at radius 2 is 1.57 bits per heavy atom. The fourth-order valence-electron chi connectivity index (χ4n) is 1.33. The molecule has 21 heavy (non-hydrogen) atoms. The van der Waals surface area contributed by atoms with Gasteiger partial charge in [-0.2, -0.15) is 0 Å². The molecule has 0 aromatic heterocycles. The first-order chi connectivity index (χ1) is 9.45. The second-order valence-corrected chi connectivity index (χ2v) is 13.0. The van der Waals surface area contributed by atoms with Crippen LogP contribution in [-0.4, -0.2) is 40.5 Å². The van der Waals surface area contributed by atoms with Crippen molar-refractivity contribution in [1.29, 1.82) is 0 Å². The molecule has 0 aliphatic heterocycles. The zero-order chi connectivity index (χ0) is 16.9. The van der Waals surface area contributed by atoms with Crippen molar-refractivity contribution in [1.82, 2.24) is 0 Å². The van der Waals surface area contributed by atoms with Crippen LogP contribution in [0.3, 0.4) is 0 Å². The van der Waals surface area contributed by atoms with Gasteiger partial charge in [-0.05, 0) is 32.0 Å². The van der Waals surface area contributed by atoms with Crippen LogP contribution in [-0.2, 0) is 27.6 Å². The van der Waals surface area contributed by atoms with E-state index in [4.69, 9.17) is 18.2 Å². The van der Waals surface area contributed by atoms with Gasteiger partial charge in [-0.3, -0.25) is 4.57 Å². The van der Waals surface area contributed by atoms with Crippen molar-refractivity contribution in [3.63, 3.8) is 0 Å². The normalized spacial score (nSPS) is 14.9. The molecule has 0 radical (unpaired) electrons. The summed E-state index contributed by atoms with van der Waals surface area (Å²) in [6.07, 6.45) is 0. The molecule has 0 aliphatic carbocycles. The van der Waals surface area contributed by atoms with E-state index < -0.39 is 27.7 Å². The first-order valence-electron chi connectivity index (χ1n) is 7.09. The van der Waals surface area contributed by atoms with Gasteiger partial charge in [0.1, 0.15) is 0 Å². The molecule has 0 fully saturated rings. The fraction of sp³-hybridized carbons (Fsp3) is 0.923. The summed E-state index contributed by atoms with van der Waals surface area (Å²) in [7, 11) is -4.85. The molecule has 0 aromatic rings. The highest BCUT2D eigenvalue weighted by atomic mass is 31.2. The van der Waals surface area contributed by atoms with E-state index in [-0.39, 0.29) is 18.3 Å². The van der Waals surface area contributed by atoms with Crippen molar-refractivity contribution in [2.24, 2.45) is 0 Å². The summed E-state index contributed by atoms with van der Waals surface area (Å²) >= 11 is 0. The third kappa shape index (κ3) is 5.49.